The first kappa shape index (κ1) is 21.3. The van der Waals surface area contributed by atoms with Crippen molar-refractivity contribution in [3.8, 4) is 5.75 Å². The lowest BCUT2D eigenvalue weighted by Crippen LogP contribution is -2.44. The monoisotopic (exact) mass is 550 g/mol. The number of halogens is 2. The first-order chi connectivity index (χ1) is 12.2. The molecule has 1 fully saturated rings. The van der Waals surface area contributed by atoms with Gasteiger partial charge in [0, 0.05) is 31.1 Å². The summed E-state index contributed by atoms with van der Waals surface area (Å²) in [4.78, 5) is 7.99. The number of nitrogens with one attached hydrogen (secondary N) is 2. The number of hydrogen-bond donors (Lipinski definition) is 2. The molecular formula is C18H24BrIN4OS. The van der Waals surface area contributed by atoms with Gasteiger partial charge in [-0.3, -0.25) is 4.99 Å². The van der Waals surface area contributed by atoms with Crippen LogP contribution in [-0.2, 0) is 6.54 Å². The fourth-order valence-electron chi connectivity index (χ4n) is 2.99. The number of anilines is 1. The lowest BCUT2D eigenvalue weighted by molar-refractivity contribution is 0.415. The predicted octanol–water partition coefficient (Wildman–Crippen LogP) is 4.08. The highest BCUT2D eigenvalue weighted by atomic mass is 127. The molecule has 1 atom stereocenters. The molecule has 1 saturated heterocycles. The van der Waals surface area contributed by atoms with Crippen molar-refractivity contribution in [2.24, 2.45) is 4.99 Å². The second kappa shape index (κ2) is 10.4. The van der Waals surface area contributed by atoms with E-state index in [1.54, 1.807) is 18.4 Å². The molecule has 5 nitrogen and oxygen atoms in total. The third kappa shape index (κ3) is 5.50. The molecule has 0 spiro atoms. The van der Waals surface area contributed by atoms with Gasteiger partial charge in [0.25, 0.3) is 0 Å². The van der Waals surface area contributed by atoms with Crippen LogP contribution in [0, 0.1) is 0 Å². The third-order valence-electron chi connectivity index (χ3n) is 4.24. The first-order valence-electron chi connectivity index (χ1n) is 8.29. The van der Waals surface area contributed by atoms with Crippen LogP contribution in [0.5, 0.6) is 5.75 Å². The molecular weight excluding hydrogens is 527 g/mol. The maximum atomic E-state index is 5.48. The fraction of sp³-hybridized carbons (Fsp3) is 0.389. The Hall–Kier alpha value is -1.000. The summed E-state index contributed by atoms with van der Waals surface area (Å²) in [6.07, 6.45) is 1.07. The van der Waals surface area contributed by atoms with E-state index < -0.39 is 0 Å². The minimum absolute atomic E-state index is 0. The minimum atomic E-state index is 0. The van der Waals surface area contributed by atoms with Gasteiger partial charge in [0.2, 0.25) is 0 Å². The molecule has 3 rings (SSSR count). The van der Waals surface area contributed by atoms with Crippen molar-refractivity contribution in [2.45, 2.75) is 19.0 Å². The number of ether oxygens (including phenoxy) is 1. The predicted molar refractivity (Wildman–Crippen MR) is 124 cm³/mol. The van der Waals surface area contributed by atoms with E-state index in [4.69, 9.17) is 4.74 Å². The summed E-state index contributed by atoms with van der Waals surface area (Å²) in [5.74, 6) is 1.77. The van der Waals surface area contributed by atoms with Crippen molar-refractivity contribution in [3.05, 3.63) is 45.1 Å². The minimum Gasteiger partial charge on any atom is -0.495 e. The van der Waals surface area contributed by atoms with Gasteiger partial charge in [-0.15, -0.1) is 35.3 Å². The maximum Gasteiger partial charge on any atom is 0.191 e. The molecule has 8 heteroatoms. The van der Waals surface area contributed by atoms with Gasteiger partial charge < -0.3 is 20.3 Å². The van der Waals surface area contributed by atoms with Crippen LogP contribution in [0.4, 0.5) is 5.69 Å². The average molecular weight is 551 g/mol. The van der Waals surface area contributed by atoms with Gasteiger partial charge >= 0.3 is 0 Å². The van der Waals surface area contributed by atoms with Gasteiger partial charge in [0.05, 0.1) is 23.1 Å². The standard InChI is InChI=1S/C18H23BrN4OS.HI/c1-20-18(21-11-14-7-8-17(19)25-14)22-13-9-10-23(12-13)15-5-3-4-6-16(15)24-2;/h3-8,13H,9-12H2,1-2H3,(H2,20,21,22);1H. The number of thiophene rings is 1. The molecule has 0 saturated carbocycles. The summed E-state index contributed by atoms with van der Waals surface area (Å²) in [6, 6.07) is 12.7. The number of aliphatic imine (C=N–C) groups is 1. The SMILES string of the molecule is CN=C(NCc1ccc(Br)s1)NC1CCN(c2ccccc2OC)C1.I. The van der Waals surface area contributed by atoms with Crippen molar-refractivity contribution >= 4 is 62.9 Å². The molecule has 0 radical (unpaired) electrons. The van der Waals surface area contributed by atoms with Crippen LogP contribution in [0.2, 0.25) is 0 Å². The van der Waals surface area contributed by atoms with Gasteiger partial charge in [-0.2, -0.15) is 0 Å². The molecule has 2 aromatic rings. The summed E-state index contributed by atoms with van der Waals surface area (Å²) in [5, 5.41) is 6.92. The molecule has 2 heterocycles. The molecule has 142 valence electrons. The van der Waals surface area contributed by atoms with Crippen LogP contribution in [0.15, 0.2) is 45.2 Å². The molecule has 1 unspecified atom stereocenters. The van der Waals surface area contributed by atoms with Crippen LogP contribution in [-0.4, -0.2) is 39.2 Å². The molecule has 2 N–H and O–H groups in total. The molecule has 0 amide bonds. The number of nitrogens with zero attached hydrogens (tertiary/aromatic N) is 2. The summed E-state index contributed by atoms with van der Waals surface area (Å²) in [6.45, 7) is 2.72. The Morgan fingerprint density at radius 1 is 1.35 bits per heavy atom. The van der Waals surface area contributed by atoms with E-state index in [0.717, 1.165) is 47.2 Å². The van der Waals surface area contributed by atoms with Crippen molar-refractivity contribution in [1.82, 2.24) is 10.6 Å². The highest BCUT2D eigenvalue weighted by Crippen LogP contribution is 2.30. The number of methoxy groups -OCH3 is 1. The largest absolute Gasteiger partial charge is 0.495 e. The molecule has 26 heavy (non-hydrogen) atoms. The zero-order valence-corrected chi connectivity index (χ0v) is 19.6. The van der Waals surface area contributed by atoms with Gasteiger partial charge in [0.15, 0.2) is 5.96 Å². The van der Waals surface area contributed by atoms with Gasteiger partial charge in [-0.05, 0) is 46.6 Å². The highest BCUT2D eigenvalue weighted by Gasteiger charge is 2.25. The summed E-state index contributed by atoms with van der Waals surface area (Å²) < 4.78 is 6.63. The average Bonchev–Trinajstić information content (AvgIpc) is 3.27. The molecule has 1 aliphatic heterocycles. The summed E-state index contributed by atoms with van der Waals surface area (Å²) in [7, 11) is 3.53. The Balaban J connectivity index is 0.00000243. The Bertz CT molecular complexity index is 739. The zero-order chi connectivity index (χ0) is 17.6. The molecule has 0 bridgehead atoms. The van der Waals surface area contributed by atoms with E-state index in [-0.39, 0.29) is 24.0 Å². The summed E-state index contributed by atoms with van der Waals surface area (Å²) >= 11 is 5.23. The van der Waals surface area contributed by atoms with Crippen molar-refractivity contribution in [2.75, 3.05) is 32.1 Å². The Kier molecular flexibility index (Phi) is 8.49. The van der Waals surface area contributed by atoms with E-state index in [1.807, 2.05) is 19.2 Å². The van der Waals surface area contributed by atoms with Crippen LogP contribution in [0.1, 0.15) is 11.3 Å². The second-order valence-corrected chi connectivity index (χ2v) is 8.43. The van der Waals surface area contributed by atoms with Crippen molar-refractivity contribution in [3.63, 3.8) is 0 Å². The normalized spacial score (nSPS) is 17.0. The highest BCUT2D eigenvalue weighted by molar-refractivity contribution is 14.0. The smallest absolute Gasteiger partial charge is 0.191 e. The van der Waals surface area contributed by atoms with Crippen LogP contribution in [0.3, 0.4) is 0 Å². The van der Waals surface area contributed by atoms with Gasteiger partial charge in [-0.1, -0.05) is 12.1 Å². The van der Waals surface area contributed by atoms with E-state index in [2.05, 4.69) is 60.7 Å². The Labute approximate surface area is 184 Å². The van der Waals surface area contributed by atoms with E-state index >= 15 is 0 Å². The number of rotatable bonds is 5. The van der Waals surface area contributed by atoms with E-state index in [0.29, 0.717) is 6.04 Å². The fourth-order valence-corrected chi connectivity index (χ4v) is 4.42. The number of guanidine groups is 1. The molecule has 1 aromatic carbocycles. The second-order valence-electron chi connectivity index (χ2n) is 5.88. The lowest BCUT2D eigenvalue weighted by atomic mass is 10.2. The lowest BCUT2D eigenvalue weighted by Gasteiger charge is -2.22. The molecule has 1 aliphatic rings. The Morgan fingerprint density at radius 3 is 2.85 bits per heavy atom. The number of para-hydroxylation sites is 2. The first-order valence-corrected chi connectivity index (χ1v) is 9.90. The maximum absolute atomic E-state index is 5.48. The number of benzene rings is 1. The number of hydrogen-bond acceptors (Lipinski definition) is 4. The third-order valence-corrected chi connectivity index (χ3v) is 5.86. The van der Waals surface area contributed by atoms with Crippen molar-refractivity contribution in [1.29, 1.82) is 0 Å². The van der Waals surface area contributed by atoms with Crippen LogP contribution < -0.4 is 20.3 Å². The van der Waals surface area contributed by atoms with Crippen LogP contribution in [0.25, 0.3) is 0 Å². The quantitative estimate of drug-likeness (QED) is 0.334. The van der Waals surface area contributed by atoms with Crippen molar-refractivity contribution < 1.29 is 4.74 Å². The molecule has 1 aromatic heterocycles. The van der Waals surface area contributed by atoms with Gasteiger partial charge in [0.1, 0.15) is 5.75 Å². The topological polar surface area (TPSA) is 48.9 Å². The van der Waals surface area contributed by atoms with Gasteiger partial charge in [-0.25, -0.2) is 0 Å². The zero-order valence-electron chi connectivity index (χ0n) is 14.9. The van der Waals surface area contributed by atoms with Crippen LogP contribution >= 0.6 is 51.2 Å². The Morgan fingerprint density at radius 2 is 2.15 bits per heavy atom. The van der Waals surface area contributed by atoms with E-state index in [1.165, 1.54) is 4.88 Å². The molecule has 0 aliphatic carbocycles. The summed E-state index contributed by atoms with van der Waals surface area (Å²) in [5.41, 5.74) is 1.15. The van der Waals surface area contributed by atoms with E-state index in [9.17, 15) is 0 Å².